The highest BCUT2D eigenvalue weighted by molar-refractivity contribution is 5.74. The summed E-state index contributed by atoms with van der Waals surface area (Å²) in [5.74, 6) is 1.33. The Kier molecular flexibility index (Phi) is 25.5. The number of aliphatic hydroxyl groups is 1. The maximum absolute atomic E-state index is 13.3. The highest BCUT2D eigenvalue weighted by Crippen LogP contribution is 2.34. The fourth-order valence-corrected chi connectivity index (χ4v) is 9.07. The molecule has 15 nitrogen and oxygen atoms in total. The number of nitrogens with zero attached hydrogens (tertiary/aromatic N) is 1. The third-order valence-electron chi connectivity index (χ3n) is 13.9. The first-order valence-electron chi connectivity index (χ1n) is 25.6. The molecule has 1 unspecified atom stereocenters. The van der Waals surface area contributed by atoms with Gasteiger partial charge in [0.15, 0.2) is 0 Å². The summed E-state index contributed by atoms with van der Waals surface area (Å²) in [4.78, 5) is 79.4. The summed E-state index contributed by atoms with van der Waals surface area (Å²) in [7, 11) is 0. The molecule has 386 valence electrons. The van der Waals surface area contributed by atoms with Gasteiger partial charge in [0.05, 0.1) is 30.3 Å². The zero-order valence-corrected chi connectivity index (χ0v) is 42.7. The summed E-state index contributed by atoms with van der Waals surface area (Å²) in [6.07, 6.45) is 15.6. The van der Waals surface area contributed by atoms with Crippen LogP contribution in [0.2, 0.25) is 0 Å². The summed E-state index contributed by atoms with van der Waals surface area (Å²) in [5.41, 5.74) is -2.84. The van der Waals surface area contributed by atoms with E-state index in [2.05, 4.69) is 20.8 Å². The van der Waals surface area contributed by atoms with Crippen molar-refractivity contribution in [3.63, 3.8) is 0 Å². The molecule has 0 aliphatic heterocycles. The van der Waals surface area contributed by atoms with Crippen LogP contribution in [0.3, 0.4) is 0 Å². The van der Waals surface area contributed by atoms with Crippen LogP contribution < -0.4 is 0 Å². The van der Waals surface area contributed by atoms with Crippen LogP contribution in [0.5, 0.6) is 0 Å². The maximum atomic E-state index is 13.3. The van der Waals surface area contributed by atoms with E-state index in [0.29, 0.717) is 36.0 Å². The Bertz CT molecular complexity index is 1460. The largest absolute Gasteiger partial charge is 0.465 e. The van der Waals surface area contributed by atoms with E-state index in [0.717, 1.165) is 63.7 Å². The summed E-state index contributed by atoms with van der Waals surface area (Å²) < 4.78 is 39.1. The van der Waals surface area contributed by atoms with E-state index in [1.54, 1.807) is 34.6 Å². The highest BCUT2D eigenvalue weighted by atomic mass is 16.6. The van der Waals surface area contributed by atoms with Gasteiger partial charge in [-0.25, -0.2) is 4.79 Å². The monoisotopic (exact) mass is 952 g/mol. The van der Waals surface area contributed by atoms with Gasteiger partial charge in [-0.15, -0.1) is 0 Å². The lowest BCUT2D eigenvalue weighted by molar-refractivity contribution is -0.162. The van der Waals surface area contributed by atoms with E-state index in [-0.39, 0.29) is 96.3 Å². The second-order valence-electron chi connectivity index (χ2n) is 22.4. The van der Waals surface area contributed by atoms with Crippen molar-refractivity contribution in [2.45, 2.75) is 189 Å². The molecule has 0 aromatic rings. The molecule has 0 spiro atoms. The zero-order chi connectivity index (χ0) is 49.5. The van der Waals surface area contributed by atoms with E-state index in [1.807, 2.05) is 0 Å². The van der Waals surface area contributed by atoms with Gasteiger partial charge in [-0.05, 0) is 82.5 Å². The molecule has 3 rings (SSSR count). The average molecular weight is 952 g/mol. The maximum Gasteiger partial charge on any atom is 0.410 e. The molecular formula is C52H89NO14. The quantitative estimate of drug-likeness (QED) is 0.0443. The van der Waals surface area contributed by atoms with Crippen LogP contribution in [0.1, 0.15) is 184 Å². The number of hydrogen-bond donors (Lipinski definition) is 1. The zero-order valence-electron chi connectivity index (χ0n) is 42.7. The Morgan fingerprint density at radius 2 is 0.731 bits per heavy atom. The normalized spacial score (nSPS) is 24.0. The molecule has 0 aromatic heterocycles. The summed E-state index contributed by atoms with van der Waals surface area (Å²) in [5, 5.41) is 9.33. The van der Waals surface area contributed by atoms with Crippen molar-refractivity contribution in [2.75, 3.05) is 59.5 Å². The predicted octanol–water partition coefficient (Wildman–Crippen LogP) is 9.52. The third-order valence-corrected chi connectivity index (χ3v) is 13.9. The Morgan fingerprint density at radius 1 is 0.448 bits per heavy atom. The first-order chi connectivity index (χ1) is 31.6. The molecule has 0 radical (unpaired) electrons. The molecule has 1 atom stereocenters. The van der Waals surface area contributed by atoms with Crippen LogP contribution in [0.15, 0.2) is 0 Å². The van der Waals surface area contributed by atoms with Crippen LogP contribution in [-0.4, -0.2) is 111 Å². The molecule has 3 saturated carbocycles. The molecule has 3 aliphatic carbocycles. The molecule has 3 fully saturated rings. The van der Waals surface area contributed by atoms with Gasteiger partial charge >= 0.3 is 35.9 Å². The van der Waals surface area contributed by atoms with Crippen molar-refractivity contribution in [3.05, 3.63) is 0 Å². The number of rotatable bonds is 28. The number of carbonyl (C=O) groups is 6. The van der Waals surface area contributed by atoms with E-state index < -0.39 is 41.3 Å². The minimum atomic E-state index is -1.03. The fourth-order valence-electron chi connectivity index (χ4n) is 9.07. The Hall–Kier alpha value is -3.46. The predicted molar refractivity (Wildman–Crippen MR) is 252 cm³/mol. The lowest BCUT2D eigenvalue weighted by Gasteiger charge is -2.30. The van der Waals surface area contributed by atoms with Gasteiger partial charge in [0.1, 0.15) is 45.4 Å². The molecule has 1 N–H and O–H groups in total. The lowest BCUT2D eigenvalue weighted by atomic mass is 9.81. The van der Waals surface area contributed by atoms with E-state index in [9.17, 15) is 33.9 Å². The van der Waals surface area contributed by atoms with Crippen molar-refractivity contribution < 1.29 is 67.0 Å². The lowest BCUT2D eigenvalue weighted by Crippen LogP contribution is -2.40. The van der Waals surface area contributed by atoms with Crippen LogP contribution in [0.25, 0.3) is 0 Å². The molecule has 15 heteroatoms. The Balaban J connectivity index is 1.54. The number of hydrogen-bond acceptors (Lipinski definition) is 14. The van der Waals surface area contributed by atoms with Gasteiger partial charge in [-0.1, -0.05) is 105 Å². The molecule has 1 amide bonds. The van der Waals surface area contributed by atoms with E-state index >= 15 is 0 Å². The minimum absolute atomic E-state index is 0.0413. The standard InChI is InChI=1S/C52H89NO14/c1-38-9-15-41(16-10-38)21-24-44(55)62-32-51(7,31-61-37-54)33-65-47(58)27-29-53(49(60)67-50(4,5)6)30-28-48(59)66-36-52(8,34-63-45(56)25-22-42-17-11-39(2)12-18-42)35-64-46(57)26-23-43-19-13-40(3)14-20-43/h38-43,54H,9-37H2,1-8H3. The highest BCUT2D eigenvalue weighted by Gasteiger charge is 2.33. The van der Waals surface area contributed by atoms with Gasteiger partial charge in [0.2, 0.25) is 0 Å². The van der Waals surface area contributed by atoms with Crippen molar-refractivity contribution in [2.24, 2.45) is 46.3 Å². The van der Waals surface area contributed by atoms with Gasteiger partial charge in [0, 0.05) is 32.4 Å². The molecular weight excluding hydrogens is 863 g/mol. The molecule has 67 heavy (non-hydrogen) atoms. The van der Waals surface area contributed by atoms with Crippen LogP contribution in [0.4, 0.5) is 4.79 Å². The van der Waals surface area contributed by atoms with Crippen LogP contribution >= 0.6 is 0 Å². The topological polar surface area (TPSA) is 190 Å². The number of esters is 5. The summed E-state index contributed by atoms with van der Waals surface area (Å²) in [6.45, 7) is 13.8. The van der Waals surface area contributed by atoms with Gasteiger partial charge in [-0.3, -0.25) is 24.0 Å². The van der Waals surface area contributed by atoms with Gasteiger partial charge < -0.3 is 43.2 Å². The van der Waals surface area contributed by atoms with Crippen molar-refractivity contribution in [1.29, 1.82) is 0 Å². The van der Waals surface area contributed by atoms with E-state index in [4.69, 9.17) is 33.2 Å². The molecule has 0 saturated heterocycles. The molecule has 3 aliphatic rings. The van der Waals surface area contributed by atoms with Crippen molar-refractivity contribution in [1.82, 2.24) is 4.90 Å². The first-order valence-corrected chi connectivity index (χ1v) is 25.6. The SMILES string of the molecule is CC1CCC(CCC(=O)OCC(C)(COCO)COC(=O)CCN(CCC(=O)OCC(C)(COC(=O)CCC2CCC(C)CC2)COC(=O)CCC2CCC(C)CC2)C(=O)OC(C)(C)C)CC1. The van der Waals surface area contributed by atoms with Crippen molar-refractivity contribution in [3.8, 4) is 0 Å². The number of ether oxygens (including phenoxy) is 7. The first kappa shape index (κ1) is 57.9. The minimum Gasteiger partial charge on any atom is -0.465 e. The van der Waals surface area contributed by atoms with E-state index in [1.165, 1.54) is 43.4 Å². The smallest absolute Gasteiger partial charge is 0.410 e. The van der Waals surface area contributed by atoms with Crippen molar-refractivity contribution >= 4 is 35.9 Å². The molecule has 0 aromatic carbocycles. The number of carbonyl (C=O) groups excluding carboxylic acids is 6. The Labute approximate surface area is 402 Å². The average Bonchev–Trinajstić information content (AvgIpc) is 3.29. The van der Waals surface area contributed by atoms with Gasteiger partial charge in [0.25, 0.3) is 0 Å². The third kappa shape index (κ3) is 25.1. The molecule has 0 heterocycles. The fraction of sp³-hybridized carbons (Fsp3) is 0.885. The molecule has 0 bridgehead atoms. The Morgan fingerprint density at radius 3 is 1.01 bits per heavy atom. The number of amides is 1. The van der Waals surface area contributed by atoms with Crippen LogP contribution in [0, 0.1) is 46.3 Å². The second-order valence-corrected chi connectivity index (χ2v) is 22.4. The summed E-state index contributed by atoms with van der Waals surface area (Å²) >= 11 is 0. The second kappa shape index (κ2) is 29.5. The van der Waals surface area contributed by atoms with Crippen LogP contribution in [-0.2, 0) is 57.1 Å². The summed E-state index contributed by atoms with van der Waals surface area (Å²) in [6, 6.07) is 0. The van der Waals surface area contributed by atoms with Gasteiger partial charge in [-0.2, -0.15) is 0 Å². The number of aliphatic hydroxyl groups excluding tert-OH is 1.